The highest BCUT2D eigenvalue weighted by Gasteiger charge is 2.11. The average Bonchev–Trinajstić information content (AvgIpc) is 3.02. The summed E-state index contributed by atoms with van der Waals surface area (Å²) in [5, 5.41) is 8.77. The third-order valence-electron chi connectivity index (χ3n) is 8.57. The van der Waals surface area contributed by atoms with Crippen molar-refractivity contribution in [3.05, 3.63) is 36.5 Å². The Labute approximate surface area is 279 Å². The van der Waals surface area contributed by atoms with E-state index in [1.54, 1.807) is 0 Å². The Morgan fingerprint density at radius 2 is 0.933 bits per heavy atom. The predicted octanol–water partition coefficient (Wildman–Crippen LogP) is 13.4. The van der Waals surface area contributed by atoms with Crippen molar-refractivity contribution < 1.29 is 19.4 Å². The van der Waals surface area contributed by atoms with Crippen LogP contribution in [-0.2, 0) is 14.3 Å². The molecular weight excluding hydrogens is 556 g/mol. The first kappa shape index (κ1) is 43.2. The number of aliphatic carboxylic acids is 1. The number of carboxylic acids is 1. The molecule has 1 unspecified atom stereocenters. The molecule has 45 heavy (non-hydrogen) atoms. The van der Waals surface area contributed by atoms with Gasteiger partial charge in [-0.1, -0.05) is 153 Å². The minimum absolute atomic E-state index is 0.0446. The van der Waals surface area contributed by atoms with Crippen molar-refractivity contribution in [2.45, 2.75) is 213 Å². The van der Waals surface area contributed by atoms with Gasteiger partial charge in [-0.2, -0.15) is 0 Å². The largest absolute Gasteiger partial charge is 0.481 e. The van der Waals surface area contributed by atoms with E-state index in [2.05, 4.69) is 50.3 Å². The average molecular weight is 631 g/mol. The van der Waals surface area contributed by atoms with E-state index >= 15 is 0 Å². The topological polar surface area (TPSA) is 63.6 Å². The molecule has 0 amide bonds. The predicted molar refractivity (Wildman–Crippen MR) is 195 cm³/mol. The maximum absolute atomic E-state index is 12.6. The third-order valence-corrected chi connectivity index (χ3v) is 8.57. The highest BCUT2D eigenvalue weighted by atomic mass is 16.5. The highest BCUT2D eigenvalue weighted by Crippen LogP contribution is 2.16. The molecule has 0 aliphatic rings. The summed E-state index contributed by atoms with van der Waals surface area (Å²) in [5.41, 5.74) is 0. The molecule has 0 aromatic heterocycles. The molecule has 0 saturated heterocycles. The molecule has 4 heteroatoms. The fourth-order valence-corrected chi connectivity index (χ4v) is 5.65. The third kappa shape index (κ3) is 36.5. The molecule has 0 spiro atoms. The van der Waals surface area contributed by atoms with Gasteiger partial charge in [-0.05, 0) is 76.7 Å². The van der Waals surface area contributed by atoms with Crippen molar-refractivity contribution in [3.63, 3.8) is 0 Å². The van der Waals surface area contributed by atoms with Crippen molar-refractivity contribution >= 4 is 11.9 Å². The minimum atomic E-state index is -0.700. The van der Waals surface area contributed by atoms with Crippen LogP contribution in [0.15, 0.2) is 36.5 Å². The Hall–Kier alpha value is -1.84. The molecule has 0 aromatic carbocycles. The number of carbonyl (C=O) groups excluding carboxylic acids is 1. The number of hydrogen-bond donors (Lipinski definition) is 1. The number of unbranched alkanes of at least 4 members (excludes halogenated alkanes) is 22. The van der Waals surface area contributed by atoms with Crippen LogP contribution in [0, 0.1) is 0 Å². The Kier molecular flexibility index (Phi) is 35.1. The van der Waals surface area contributed by atoms with Crippen molar-refractivity contribution in [2.75, 3.05) is 0 Å². The number of hydrogen-bond acceptors (Lipinski definition) is 3. The maximum Gasteiger partial charge on any atom is 0.306 e. The molecule has 0 fully saturated rings. The van der Waals surface area contributed by atoms with E-state index in [1.165, 1.54) is 109 Å². The van der Waals surface area contributed by atoms with E-state index in [-0.39, 0.29) is 18.5 Å². The summed E-state index contributed by atoms with van der Waals surface area (Å²) >= 11 is 0. The highest BCUT2D eigenvalue weighted by molar-refractivity contribution is 5.69. The second-order valence-corrected chi connectivity index (χ2v) is 13.1. The first-order chi connectivity index (χ1) is 22.1. The van der Waals surface area contributed by atoms with E-state index in [9.17, 15) is 9.59 Å². The van der Waals surface area contributed by atoms with Crippen LogP contribution in [0.1, 0.15) is 206 Å². The Balaban J connectivity index is 4.06. The summed E-state index contributed by atoms with van der Waals surface area (Å²) in [7, 11) is 0. The molecule has 1 N–H and O–H groups in total. The standard InChI is InChI=1S/C41H74O4/c1-3-5-7-9-11-13-14-15-16-17-18-19-20-22-24-30-34-38-41(44)45-39(35-31-27-23-21-12-10-8-6-4-2)36-32-28-25-26-29-33-37-40(42)43/h11,13,15-16,31,35,39H,3-10,12,14,17-30,32-34,36-38H2,1-2H3,(H,42,43)/b13-11-,16-15-,35-31-. The number of rotatable bonds is 35. The van der Waals surface area contributed by atoms with Gasteiger partial charge >= 0.3 is 11.9 Å². The first-order valence-corrected chi connectivity index (χ1v) is 19.5. The van der Waals surface area contributed by atoms with Crippen molar-refractivity contribution in [1.82, 2.24) is 0 Å². The van der Waals surface area contributed by atoms with Gasteiger partial charge in [0.15, 0.2) is 0 Å². The van der Waals surface area contributed by atoms with E-state index in [4.69, 9.17) is 9.84 Å². The van der Waals surface area contributed by atoms with Crippen LogP contribution in [0.25, 0.3) is 0 Å². The van der Waals surface area contributed by atoms with E-state index in [0.717, 1.165) is 70.6 Å². The summed E-state index contributed by atoms with van der Waals surface area (Å²) in [5.74, 6) is -0.745. The zero-order valence-corrected chi connectivity index (χ0v) is 29.9. The van der Waals surface area contributed by atoms with E-state index in [1.807, 2.05) is 0 Å². The van der Waals surface area contributed by atoms with Gasteiger partial charge in [0, 0.05) is 12.8 Å². The van der Waals surface area contributed by atoms with E-state index in [0.29, 0.717) is 6.42 Å². The zero-order chi connectivity index (χ0) is 32.9. The van der Waals surface area contributed by atoms with Gasteiger partial charge < -0.3 is 9.84 Å². The van der Waals surface area contributed by atoms with Crippen LogP contribution in [-0.4, -0.2) is 23.1 Å². The van der Waals surface area contributed by atoms with Gasteiger partial charge in [-0.3, -0.25) is 9.59 Å². The summed E-state index contributed by atoms with van der Waals surface area (Å²) in [6, 6.07) is 0. The second kappa shape index (κ2) is 36.6. The molecule has 0 rings (SSSR count). The summed E-state index contributed by atoms with van der Waals surface area (Å²) < 4.78 is 5.92. The SMILES string of the molecule is CCCCC/C=C\C/C=C\CCCCCCCCCC(=O)OC(/C=C\CCCCCCCCC)CCCCCCCCC(=O)O. The zero-order valence-electron chi connectivity index (χ0n) is 29.9. The molecule has 4 nitrogen and oxygen atoms in total. The molecule has 0 aliphatic heterocycles. The van der Waals surface area contributed by atoms with Gasteiger partial charge in [0.1, 0.15) is 6.10 Å². The number of allylic oxidation sites excluding steroid dienone is 5. The smallest absolute Gasteiger partial charge is 0.306 e. The maximum atomic E-state index is 12.6. The quantitative estimate of drug-likeness (QED) is 0.0430. The molecular formula is C41H74O4. The number of carbonyl (C=O) groups is 2. The normalized spacial score (nSPS) is 12.6. The Morgan fingerprint density at radius 3 is 1.49 bits per heavy atom. The molecule has 0 bridgehead atoms. The lowest BCUT2D eigenvalue weighted by molar-refractivity contribution is -0.147. The summed E-state index contributed by atoms with van der Waals surface area (Å²) in [6.45, 7) is 4.51. The van der Waals surface area contributed by atoms with Crippen LogP contribution < -0.4 is 0 Å². The lowest BCUT2D eigenvalue weighted by atomic mass is 10.0. The second-order valence-electron chi connectivity index (χ2n) is 13.1. The van der Waals surface area contributed by atoms with Crippen LogP contribution in [0.5, 0.6) is 0 Å². The first-order valence-electron chi connectivity index (χ1n) is 19.5. The van der Waals surface area contributed by atoms with Gasteiger partial charge in [0.05, 0.1) is 0 Å². The van der Waals surface area contributed by atoms with Crippen LogP contribution in [0.2, 0.25) is 0 Å². The Bertz CT molecular complexity index is 723. The molecule has 262 valence electrons. The Morgan fingerprint density at radius 1 is 0.511 bits per heavy atom. The molecule has 0 aromatic rings. The number of carboxylic acid groups (broad SMARTS) is 1. The van der Waals surface area contributed by atoms with E-state index < -0.39 is 5.97 Å². The molecule has 0 radical (unpaired) electrons. The lowest BCUT2D eigenvalue weighted by Gasteiger charge is -2.15. The van der Waals surface area contributed by atoms with Gasteiger partial charge in [-0.15, -0.1) is 0 Å². The van der Waals surface area contributed by atoms with Gasteiger partial charge in [0.25, 0.3) is 0 Å². The van der Waals surface area contributed by atoms with Crippen molar-refractivity contribution in [2.24, 2.45) is 0 Å². The summed E-state index contributed by atoms with van der Waals surface area (Å²) in [6.07, 6.45) is 47.4. The lowest BCUT2D eigenvalue weighted by Crippen LogP contribution is -2.16. The summed E-state index contributed by atoms with van der Waals surface area (Å²) in [4.78, 5) is 23.3. The molecule has 0 aliphatic carbocycles. The molecule has 0 heterocycles. The molecule has 0 saturated carbocycles. The van der Waals surface area contributed by atoms with Crippen molar-refractivity contribution in [1.29, 1.82) is 0 Å². The monoisotopic (exact) mass is 631 g/mol. The van der Waals surface area contributed by atoms with Crippen LogP contribution in [0.4, 0.5) is 0 Å². The molecule has 1 atom stereocenters. The van der Waals surface area contributed by atoms with Crippen LogP contribution >= 0.6 is 0 Å². The van der Waals surface area contributed by atoms with Crippen molar-refractivity contribution in [3.8, 4) is 0 Å². The number of ether oxygens (including phenoxy) is 1. The fraction of sp³-hybridized carbons (Fsp3) is 0.805. The number of esters is 1. The van der Waals surface area contributed by atoms with Gasteiger partial charge in [-0.25, -0.2) is 0 Å². The minimum Gasteiger partial charge on any atom is -0.481 e. The van der Waals surface area contributed by atoms with Gasteiger partial charge in [0.2, 0.25) is 0 Å². The fourth-order valence-electron chi connectivity index (χ4n) is 5.65. The van der Waals surface area contributed by atoms with Crippen LogP contribution in [0.3, 0.4) is 0 Å².